The first-order valence-electron chi connectivity index (χ1n) is 7.87. The van der Waals surface area contributed by atoms with Crippen LogP contribution in [-0.4, -0.2) is 11.2 Å². The van der Waals surface area contributed by atoms with E-state index >= 15 is 0 Å². The van der Waals surface area contributed by atoms with E-state index < -0.39 is 0 Å². The molecular formula is C20H20O. The normalized spacial score (nSPS) is 19.6. The summed E-state index contributed by atoms with van der Waals surface area (Å²) >= 11 is 0. The van der Waals surface area contributed by atoms with Gasteiger partial charge in [-0.15, -0.1) is 0 Å². The lowest BCUT2D eigenvalue weighted by molar-refractivity contribution is 0.153. The summed E-state index contributed by atoms with van der Waals surface area (Å²) in [6, 6.07) is 17.6. The van der Waals surface area contributed by atoms with Gasteiger partial charge in [-0.2, -0.15) is 0 Å². The Balaban J connectivity index is 2.04. The summed E-state index contributed by atoms with van der Waals surface area (Å²) in [4.78, 5) is 0. The van der Waals surface area contributed by atoms with Crippen molar-refractivity contribution in [3.63, 3.8) is 0 Å². The standard InChI is InChI=1S/C20H20O/c1-13(21)15-7-4-8-17-18(15)11-12-19-16-6-3-2-5-14(16)9-10-20(17)19/h2-3,5-6,9-13,15,21H,4,7-8H2,1H3/t13-,15+/m1/s1. The van der Waals surface area contributed by atoms with E-state index in [1.807, 2.05) is 6.92 Å². The van der Waals surface area contributed by atoms with E-state index in [0.717, 1.165) is 12.8 Å². The Bertz CT molecular complexity index is 817. The average Bonchev–Trinajstić information content (AvgIpc) is 2.53. The van der Waals surface area contributed by atoms with Crippen LogP contribution in [0.4, 0.5) is 0 Å². The largest absolute Gasteiger partial charge is 0.393 e. The average molecular weight is 276 g/mol. The molecule has 4 rings (SSSR count). The molecule has 3 aromatic carbocycles. The van der Waals surface area contributed by atoms with Crippen LogP contribution in [0.1, 0.15) is 36.8 Å². The van der Waals surface area contributed by atoms with Crippen LogP contribution < -0.4 is 0 Å². The maximum absolute atomic E-state index is 10.1. The molecule has 0 spiro atoms. The van der Waals surface area contributed by atoms with Crippen LogP contribution in [-0.2, 0) is 6.42 Å². The molecule has 106 valence electrons. The Kier molecular flexibility index (Phi) is 2.97. The molecule has 0 saturated heterocycles. The van der Waals surface area contributed by atoms with E-state index in [0.29, 0.717) is 5.92 Å². The molecule has 1 aliphatic rings. The molecule has 0 unspecified atom stereocenters. The summed E-state index contributed by atoms with van der Waals surface area (Å²) in [5.41, 5.74) is 2.81. The Morgan fingerprint density at radius 2 is 1.76 bits per heavy atom. The van der Waals surface area contributed by atoms with Crippen molar-refractivity contribution in [2.24, 2.45) is 0 Å². The third kappa shape index (κ3) is 1.96. The van der Waals surface area contributed by atoms with Gasteiger partial charge < -0.3 is 5.11 Å². The number of benzene rings is 3. The molecule has 0 aliphatic heterocycles. The molecule has 0 bridgehead atoms. The van der Waals surface area contributed by atoms with E-state index in [1.165, 1.54) is 39.1 Å². The maximum Gasteiger partial charge on any atom is 0.0580 e. The number of fused-ring (bicyclic) bond motifs is 5. The van der Waals surface area contributed by atoms with Gasteiger partial charge in [0.15, 0.2) is 0 Å². The smallest absolute Gasteiger partial charge is 0.0580 e. The number of aliphatic hydroxyl groups excluding tert-OH is 1. The van der Waals surface area contributed by atoms with Gasteiger partial charge in [0, 0.05) is 5.92 Å². The highest BCUT2D eigenvalue weighted by molar-refractivity contribution is 6.08. The van der Waals surface area contributed by atoms with Crippen molar-refractivity contribution in [3.05, 3.63) is 59.7 Å². The van der Waals surface area contributed by atoms with Crippen LogP contribution in [0.5, 0.6) is 0 Å². The highest BCUT2D eigenvalue weighted by atomic mass is 16.3. The summed E-state index contributed by atoms with van der Waals surface area (Å²) in [5, 5.41) is 15.4. The SMILES string of the molecule is C[C@@H](O)[C@@H]1CCCc2c1ccc1c2ccc2ccccc21. The van der Waals surface area contributed by atoms with Crippen molar-refractivity contribution in [1.82, 2.24) is 0 Å². The Labute approximate surface area is 125 Å². The van der Waals surface area contributed by atoms with Crippen LogP contribution in [0.2, 0.25) is 0 Å². The zero-order valence-electron chi connectivity index (χ0n) is 12.3. The van der Waals surface area contributed by atoms with Gasteiger partial charge in [0.1, 0.15) is 0 Å². The Morgan fingerprint density at radius 3 is 2.62 bits per heavy atom. The number of aryl methyl sites for hydroxylation is 1. The molecule has 0 fully saturated rings. The minimum atomic E-state index is -0.262. The molecular weight excluding hydrogens is 256 g/mol. The molecule has 1 nitrogen and oxygen atoms in total. The first-order valence-corrected chi connectivity index (χ1v) is 7.87. The minimum absolute atomic E-state index is 0.262. The Hall–Kier alpha value is -1.86. The zero-order chi connectivity index (χ0) is 14.4. The first-order chi connectivity index (χ1) is 10.3. The monoisotopic (exact) mass is 276 g/mol. The fraction of sp³-hybridized carbons (Fsp3) is 0.300. The summed E-state index contributed by atoms with van der Waals surface area (Å²) in [7, 11) is 0. The lowest BCUT2D eigenvalue weighted by Crippen LogP contribution is -2.20. The first kappa shape index (κ1) is 12.8. The molecule has 0 heterocycles. The fourth-order valence-corrected chi connectivity index (χ4v) is 3.95. The van der Waals surface area contributed by atoms with Crippen LogP contribution in [0.15, 0.2) is 48.5 Å². The lowest BCUT2D eigenvalue weighted by atomic mass is 9.78. The van der Waals surface area contributed by atoms with Crippen LogP contribution in [0.25, 0.3) is 21.5 Å². The third-order valence-corrected chi connectivity index (χ3v) is 5.00. The molecule has 21 heavy (non-hydrogen) atoms. The van der Waals surface area contributed by atoms with Gasteiger partial charge in [0.05, 0.1) is 6.10 Å². The minimum Gasteiger partial charge on any atom is -0.393 e. The summed E-state index contributed by atoms with van der Waals surface area (Å²) in [6.45, 7) is 1.92. The highest BCUT2D eigenvalue weighted by Crippen LogP contribution is 2.39. The zero-order valence-corrected chi connectivity index (χ0v) is 12.3. The molecule has 0 aromatic heterocycles. The van der Waals surface area contributed by atoms with Crippen LogP contribution in [0, 0.1) is 0 Å². The van der Waals surface area contributed by atoms with E-state index in [1.54, 1.807) is 0 Å². The van der Waals surface area contributed by atoms with Gasteiger partial charge in [0.2, 0.25) is 0 Å². The van der Waals surface area contributed by atoms with Gasteiger partial charge >= 0.3 is 0 Å². The van der Waals surface area contributed by atoms with Crippen molar-refractivity contribution in [1.29, 1.82) is 0 Å². The quantitative estimate of drug-likeness (QED) is 0.633. The Morgan fingerprint density at radius 1 is 0.952 bits per heavy atom. The second-order valence-electron chi connectivity index (χ2n) is 6.25. The van der Waals surface area contributed by atoms with Gasteiger partial charge in [-0.05, 0) is 58.9 Å². The van der Waals surface area contributed by atoms with Crippen LogP contribution in [0.3, 0.4) is 0 Å². The molecule has 2 atom stereocenters. The number of hydrogen-bond acceptors (Lipinski definition) is 1. The van der Waals surface area contributed by atoms with Gasteiger partial charge in [0.25, 0.3) is 0 Å². The predicted octanol–water partition coefficient (Wildman–Crippen LogP) is 4.79. The van der Waals surface area contributed by atoms with E-state index in [-0.39, 0.29) is 6.10 Å². The number of hydrogen-bond donors (Lipinski definition) is 1. The summed E-state index contributed by atoms with van der Waals surface area (Å²) < 4.78 is 0. The fourth-order valence-electron chi connectivity index (χ4n) is 3.95. The van der Waals surface area contributed by atoms with Crippen molar-refractivity contribution < 1.29 is 5.11 Å². The molecule has 1 aliphatic carbocycles. The molecule has 3 aromatic rings. The number of aliphatic hydroxyl groups is 1. The second-order valence-corrected chi connectivity index (χ2v) is 6.25. The summed E-state index contributed by atoms with van der Waals surface area (Å²) in [5.74, 6) is 0.296. The summed E-state index contributed by atoms with van der Waals surface area (Å²) in [6.07, 6.45) is 3.15. The highest BCUT2D eigenvalue weighted by Gasteiger charge is 2.25. The van der Waals surface area contributed by atoms with Crippen molar-refractivity contribution in [2.45, 2.75) is 38.2 Å². The molecule has 1 N–H and O–H groups in total. The van der Waals surface area contributed by atoms with Gasteiger partial charge in [-0.1, -0.05) is 48.5 Å². The second kappa shape index (κ2) is 4.85. The van der Waals surface area contributed by atoms with Crippen molar-refractivity contribution >= 4 is 21.5 Å². The predicted molar refractivity (Wildman–Crippen MR) is 88.8 cm³/mol. The third-order valence-electron chi connectivity index (χ3n) is 5.00. The van der Waals surface area contributed by atoms with Gasteiger partial charge in [-0.25, -0.2) is 0 Å². The number of rotatable bonds is 1. The van der Waals surface area contributed by atoms with Gasteiger partial charge in [-0.3, -0.25) is 0 Å². The van der Waals surface area contributed by atoms with E-state index in [2.05, 4.69) is 48.5 Å². The van der Waals surface area contributed by atoms with Crippen molar-refractivity contribution in [2.75, 3.05) is 0 Å². The van der Waals surface area contributed by atoms with E-state index in [9.17, 15) is 5.11 Å². The molecule has 0 amide bonds. The topological polar surface area (TPSA) is 20.2 Å². The lowest BCUT2D eigenvalue weighted by Gasteiger charge is -2.29. The molecule has 1 heteroatoms. The molecule has 0 saturated carbocycles. The molecule has 0 radical (unpaired) electrons. The van der Waals surface area contributed by atoms with Crippen molar-refractivity contribution in [3.8, 4) is 0 Å². The maximum atomic E-state index is 10.1. The van der Waals surface area contributed by atoms with Crippen LogP contribution >= 0.6 is 0 Å². The van der Waals surface area contributed by atoms with E-state index in [4.69, 9.17) is 0 Å².